The van der Waals surface area contributed by atoms with E-state index in [0.29, 0.717) is 32.6 Å². The van der Waals surface area contributed by atoms with Gasteiger partial charge in [-0.3, -0.25) is 9.59 Å². The van der Waals surface area contributed by atoms with Gasteiger partial charge in [-0.25, -0.2) is 9.69 Å². The molecule has 0 aromatic heterocycles. The minimum atomic E-state index is -0.693. The highest BCUT2D eigenvalue weighted by atomic mass is 79.9. The van der Waals surface area contributed by atoms with Gasteiger partial charge in [0.25, 0.3) is 5.91 Å². The topological polar surface area (TPSA) is 112 Å². The van der Waals surface area contributed by atoms with Crippen molar-refractivity contribution in [3.63, 3.8) is 0 Å². The SMILES string of the molecule is CCc1ccccc1NC(=O)CN1C(=O)N/C(=C/c2cc(Cl)c(OCc3ccccc3C#N)c(Br)c2)C1=O. The molecule has 0 aliphatic carbocycles. The van der Waals surface area contributed by atoms with Gasteiger partial charge in [-0.1, -0.05) is 54.9 Å². The van der Waals surface area contributed by atoms with Gasteiger partial charge in [0.15, 0.2) is 5.75 Å². The molecule has 8 nitrogen and oxygen atoms in total. The molecule has 0 bridgehead atoms. The highest BCUT2D eigenvalue weighted by Gasteiger charge is 2.35. The standard InChI is InChI=1S/C28H22BrClN4O4/c1-2-18-7-5-6-10-23(18)32-25(35)15-34-27(36)24(33-28(34)37)13-17-11-21(29)26(22(30)12-17)38-16-20-9-4-3-8-19(20)14-31/h3-13H,2,15-16H2,1H3,(H,32,35)(H,33,37)/b24-13+. The molecule has 0 atom stereocenters. The number of amides is 4. The molecule has 4 rings (SSSR count). The summed E-state index contributed by atoms with van der Waals surface area (Å²) in [5.41, 5.74) is 3.34. The largest absolute Gasteiger partial charge is 0.486 e. The van der Waals surface area contributed by atoms with Crippen LogP contribution in [0.25, 0.3) is 6.08 Å². The lowest BCUT2D eigenvalue weighted by Crippen LogP contribution is -2.38. The third kappa shape index (κ3) is 6.05. The average molecular weight is 594 g/mol. The lowest BCUT2D eigenvalue weighted by atomic mass is 10.1. The van der Waals surface area contributed by atoms with Crippen LogP contribution in [0.3, 0.4) is 0 Å². The average Bonchev–Trinajstić information content (AvgIpc) is 3.15. The zero-order valence-electron chi connectivity index (χ0n) is 20.3. The molecule has 1 aliphatic rings. The Labute approximate surface area is 233 Å². The molecular formula is C28H22BrClN4O4. The second kappa shape index (κ2) is 11.9. The second-order valence-electron chi connectivity index (χ2n) is 8.31. The molecule has 1 saturated heterocycles. The molecule has 1 aliphatic heterocycles. The maximum Gasteiger partial charge on any atom is 0.329 e. The van der Waals surface area contributed by atoms with E-state index in [0.717, 1.165) is 16.9 Å². The molecule has 0 spiro atoms. The fourth-order valence-electron chi connectivity index (χ4n) is 3.87. The number of para-hydroxylation sites is 1. The van der Waals surface area contributed by atoms with Crippen LogP contribution < -0.4 is 15.4 Å². The second-order valence-corrected chi connectivity index (χ2v) is 9.57. The summed E-state index contributed by atoms with van der Waals surface area (Å²) in [5, 5.41) is 14.8. The number of rotatable bonds is 8. The predicted molar refractivity (Wildman–Crippen MR) is 147 cm³/mol. The molecule has 1 fully saturated rings. The molecule has 192 valence electrons. The van der Waals surface area contributed by atoms with E-state index in [4.69, 9.17) is 16.3 Å². The highest BCUT2D eigenvalue weighted by Crippen LogP contribution is 2.36. The van der Waals surface area contributed by atoms with Crippen molar-refractivity contribution in [1.82, 2.24) is 10.2 Å². The number of hydrogen-bond acceptors (Lipinski definition) is 5. The smallest absolute Gasteiger partial charge is 0.329 e. The zero-order valence-corrected chi connectivity index (χ0v) is 22.6. The van der Waals surface area contributed by atoms with E-state index in [9.17, 15) is 19.6 Å². The van der Waals surface area contributed by atoms with Gasteiger partial charge in [-0.2, -0.15) is 5.26 Å². The first-order valence-corrected chi connectivity index (χ1v) is 12.8. The summed E-state index contributed by atoms with van der Waals surface area (Å²) in [6.07, 6.45) is 2.19. The van der Waals surface area contributed by atoms with E-state index >= 15 is 0 Å². The number of anilines is 1. The number of nitrogens with zero attached hydrogens (tertiary/aromatic N) is 2. The fraction of sp³-hybridized carbons (Fsp3) is 0.143. The number of hydrogen-bond donors (Lipinski definition) is 2. The monoisotopic (exact) mass is 592 g/mol. The lowest BCUT2D eigenvalue weighted by Gasteiger charge is -2.13. The molecule has 1 heterocycles. The Hall–Kier alpha value is -4.13. The number of nitrogens with one attached hydrogen (secondary N) is 2. The molecule has 10 heteroatoms. The first kappa shape index (κ1) is 26.9. The third-order valence-electron chi connectivity index (χ3n) is 5.78. The number of benzene rings is 3. The number of carbonyl (C=O) groups is 3. The van der Waals surface area contributed by atoms with Crippen LogP contribution in [0.15, 0.2) is 70.8 Å². The molecule has 2 N–H and O–H groups in total. The minimum absolute atomic E-state index is 0.0105. The van der Waals surface area contributed by atoms with Gasteiger partial charge in [0.05, 0.1) is 21.1 Å². The Kier molecular flexibility index (Phi) is 8.46. The predicted octanol–water partition coefficient (Wildman–Crippen LogP) is 5.65. The Bertz CT molecular complexity index is 1480. The number of nitriles is 1. The normalized spacial score (nSPS) is 13.8. The van der Waals surface area contributed by atoms with Gasteiger partial charge in [-0.05, 0) is 63.8 Å². The van der Waals surface area contributed by atoms with Crippen LogP contribution in [-0.4, -0.2) is 29.3 Å². The van der Waals surface area contributed by atoms with Crippen LogP contribution in [0.5, 0.6) is 5.75 Å². The van der Waals surface area contributed by atoms with Gasteiger partial charge in [0, 0.05) is 11.3 Å². The molecule has 0 radical (unpaired) electrons. The number of aryl methyl sites for hydroxylation is 1. The third-order valence-corrected chi connectivity index (χ3v) is 6.65. The summed E-state index contributed by atoms with van der Waals surface area (Å²) in [7, 11) is 0. The van der Waals surface area contributed by atoms with Crippen molar-refractivity contribution in [2.24, 2.45) is 0 Å². The quantitative estimate of drug-likeness (QED) is 0.259. The van der Waals surface area contributed by atoms with E-state index < -0.39 is 24.4 Å². The number of ether oxygens (including phenoxy) is 1. The lowest BCUT2D eigenvalue weighted by molar-refractivity contribution is -0.127. The van der Waals surface area contributed by atoms with Crippen molar-refractivity contribution in [3.8, 4) is 11.8 Å². The number of imide groups is 1. The van der Waals surface area contributed by atoms with Crippen molar-refractivity contribution in [2.75, 3.05) is 11.9 Å². The summed E-state index contributed by atoms with van der Waals surface area (Å²) in [6, 6.07) is 19.1. The summed E-state index contributed by atoms with van der Waals surface area (Å²) >= 11 is 9.87. The molecule has 3 aromatic carbocycles. The Balaban J connectivity index is 1.45. The molecule has 0 saturated carbocycles. The van der Waals surface area contributed by atoms with Gasteiger partial charge in [0.1, 0.15) is 18.8 Å². The first-order valence-electron chi connectivity index (χ1n) is 11.6. The highest BCUT2D eigenvalue weighted by molar-refractivity contribution is 9.10. The van der Waals surface area contributed by atoms with Crippen molar-refractivity contribution in [1.29, 1.82) is 5.26 Å². The van der Waals surface area contributed by atoms with Crippen LogP contribution >= 0.6 is 27.5 Å². The van der Waals surface area contributed by atoms with Crippen molar-refractivity contribution < 1.29 is 19.1 Å². The molecular weight excluding hydrogens is 572 g/mol. The zero-order chi connectivity index (χ0) is 27.2. The van der Waals surface area contributed by atoms with Crippen molar-refractivity contribution in [2.45, 2.75) is 20.0 Å². The molecule has 3 aromatic rings. The molecule has 0 unspecified atom stereocenters. The Morgan fingerprint density at radius 3 is 2.58 bits per heavy atom. The number of halogens is 2. The van der Waals surface area contributed by atoms with Crippen molar-refractivity contribution in [3.05, 3.63) is 98.1 Å². The van der Waals surface area contributed by atoms with Crippen LogP contribution in [0.2, 0.25) is 5.02 Å². The number of carbonyl (C=O) groups excluding carboxylic acids is 3. The van der Waals surface area contributed by atoms with Gasteiger partial charge >= 0.3 is 6.03 Å². The molecule has 4 amide bonds. The van der Waals surface area contributed by atoms with Crippen LogP contribution in [0.1, 0.15) is 29.2 Å². The van der Waals surface area contributed by atoms with E-state index in [1.54, 1.807) is 42.5 Å². The maximum absolute atomic E-state index is 12.9. The summed E-state index contributed by atoms with van der Waals surface area (Å²) in [4.78, 5) is 38.7. The van der Waals surface area contributed by atoms with E-state index in [2.05, 4.69) is 32.6 Å². The summed E-state index contributed by atoms with van der Waals surface area (Å²) in [5.74, 6) is -0.746. The minimum Gasteiger partial charge on any atom is -0.486 e. The van der Waals surface area contributed by atoms with Gasteiger partial charge < -0.3 is 15.4 Å². The maximum atomic E-state index is 12.9. The number of urea groups is 1. The van der Waals surface area contributed by atoms with Gasteiger partial charge in [-0.15, -0.1) is 0 Å². The van der Waals surface area contributed by atoms with E-state index in [1.165, 1.54) is 6.08 Å². The van der Waals surface area contributed by atoms with E-state index in [-0.39, 0.29) is 17.3 Å². The Morgan fingerprint density at radius 2 is 1.87 bits per heavy atom. The first-order chi connectivity index (χ1) is 18.3. The fourth-order valence-corrected chi connectivity index (χ4v) is 4.86. The summed E-state index contributed by atoms with van der Waals surface area (Å²) in [6.45, 7) is 1.68. The van der Waals surface area contributed by atoms with Gasteiger partial charge in [0.2, 0.25) is 5.91 Å². The Morgan fingerprint density at radius 1 is 1.16 bits per heavy atom. The summed E-state index contributed by atoms with van der Waals surface area (Å²) < 4.78 is 6.37. The van der Waals surface area contributed by atoms with Crippen LogP contribution in [0, 0.1) is 11.3 Å². The van der Waals surface area contributed by atoms with E-state index in [1.807, 2.05) is 25.1 Å². The van der Waals surface area contributed by atoms with Crippen LogP contribution in [-0.2, 0) is 22.6 Å². The van der Waals surface area contributed by atoms with Crippen molar-refractivity contribution >= 4 is 57.1 Å². The molecule has 38 heavy (non-hydrogen) atoms. The van der Waals surface area contributed by atoms with Crippen LogP contribution in [0.4, 0.5) is 10.5 Å².